The zero-order valence-electron chi connectivity index (χ0n) is 10.8. The average Bonchev–Trinajstić information content (AvgIpc) is 2.36. The van der Waals surface area contributed by atoms with Crippen molar-refractivity contribution in [2.45, 2.75) is 6.92 Å². The highest BCUT2D eigenvalue weighted by Crippen LogP contribution is 2.16. The molecule has 4 heteroatoms. The van der Waals surface area contributed by atoms with Crippen LogP contribution in [0.15, 0.2) is 29.8 Å². The van der Waals surface area contributed by atoms with Gasteiger partial charge in [-0.15, -0.1) is 0 Å². The molecule has 0 heterocycles. The number of hydrogen-bond acceptors (Lipinski definition) is 4. The fraction of sp³-hybridized carbons (Fsp3) is 0.286. The van der Waals surface area contributed by atoms with Crippen molar-refractivity contribution in [1.29, 1.82) is 5.26 Å². The highest BCUT2D eigenvalue weighted by atomic mass is 16.5. The van der Waals surface area contributed by atoms with E-state index in [0.717, 1.165) is 11.3 Å². The molecule has 1 aromatic rings. The number of nitriles is 1. The molecule has 0 aromatic heterocycles. The van der Waals surface area contributed by atoms with Crippen LogP contribution in [0.3, 0.4) is 0 Å². The van der Waals surface area contributed by atoms with E-state index in [-0.39, 0.29) is 12.2 Å². The van der Waals surface area contributed by atoms with Gasteiger partial charge in [-0.3, -0.25) is 0 Å². The van der Waals surface area contributed by atoms with Crippen LogP contribution in [-0.4, -0.2) is 26.7 Å². The smallest absolute Gasteiger partial charge is 0.348 e. The highest BCUT2D eigenvalue weighted by molar-refractivity contribution is 5.97. The predicted octanol–water partition coefficient (Wildman–Crippen LogP) is 2.22. The standard InChI is InChI=1S/C14H16N2O2/c1-4-18-14(17)12(10-15)8-11-6-5-7-13(9-11)16(2)3/h5-9H,4H2,1-3H3. The number of hydrogen-bond donors (Lipinski definition) is 0. The Balaban J connectivity index is 3.03. The third-order valence-electron chi connectivity index (χ3n) is 2.31. The summed E-state index contributed by atoms with van der Waals surface area (Å²) in [6, 6.07) is 9.42. The van der Waals surface area contributed by atoms with Crippen LogP contribution in [0.4, 0.5) is 5.69 Å². The maximum atomic E-state index is 11.5. The molecule has 0 bridgehead atoms. The van der Waals surface area contributed by atoms with Crippen LogP contribution in [0.5, 0.6) is 0 Å². The van der Waals surface area contributed by atoms with Crippen LogP contribution in [0, 0.1) is 11.3 Å². The molecule has 0 saturated heterocycles. The monoisotopic (exact) mass is 244 g/mol. The van der Waals surface area contributed by atoms with Gasteiger partial charge in [0.05, 0.1) is 6.61 Å². The molecule has 0 atom stereocenters. The Morgan fingerprint density at radius 1 is 1.50 bits per heavy atom. The van der Waals surface area contributed by atoms with Crippen LogP contribution < -0.4 is 4.90 Å². The van der Waals surface area contributed by atoms with E-state index in [4.69, 9.17) is 10.00 Å². The van der Waals surface area contributed by atoms with E-state index in [9.17, 15) is 4.79 Å². The third-order valence-corrected chi connectivity index (χ3v) is 2.31. The summed E-state index contributed by atoms with van der Waals surface area (Å²) in [4.78, 5) is 13.4. The zero-order valence-corrected chi connectivity index (χ0v) is 10.8. The molecule has 1 aromatic carbocycles. The predicted molar refractivity (Wildman–Crippen MR) is 71.0 cm³/mol. The fourth-order valence-corrected chi connectivity index (χ4v) is 1.41. The first-order chi connectivity index (χ1) is 8.58. The second-order valence-electron chi connectivity index (χ2n) is 3.88. The van der Waals surface area contributed by atoms with E-state index in [0.29, 0.717) is 0 Å². The van der Waals surface area contributed by atoms with Crippen molar-refractivity contribution in [2.75, 3.05) is 25.6 Å². The molecule has 0 N–H and O–H groups in total. The Bertz CT molecular complexity index is 499. The maximum Gasteiger partial charge on any atom is 0.348 e. The van der Waals surface area contributed by atoms with Gasteiger partial charge < -0.3 is 9.64 Å². The van der Waals surface area contributed by atoms with Crippen LogP contribution in [-0.2, 0) is 9.53 Å². The first-order valence-corrected chi connectivity index (χ1v) is 5.64. The summed E-state index contributed by atoms with van der Waals surface area (Å²) < 4.78 is 4.80. The van der Waals surface area contributed by atoms with Gasteiger partial charge in [-0.25, -0.2) is 4.79 Å². The lowest BCUT2D eigenvalue weighted by Crippen LogP contribution is -2.08. The lowest BCUT2D eigenvalue weighted by Gasteiger charge is -2.12. The van der Waals surface area contributed by atoms with Gasteiger partial charge in [-0.1, -0.05) is 12.1 Å². The fourth-order valence-electron chi connectivity index (χ4n) is 1.41. The van der Waals surface area contributed by atoms with Crippen LogP contribution in [0.2, 0.25) is 0 Å². The maximum absolute atomic E-state index is 11.5. The van der Waals surface area contributed by atoms with Gasteiger partial charge in [0, 0.05) is 19.8 Å². The van der Waals surface area contributed by atoms with Crippen molar-refractivity contribution in [1.82, 2.24) is 0 Å². The van der Waals surface area contributed by atoms with Crippen LogP contribution in [0.1, 0.15) is 12.5 Å². The Kier molecular flexibility index (Phi) is 4.94. The summed E-state index contributed by atoms with van der Waals surface area (Å²) in [5.41, 5.74) is 1.81. The second kappa shape index (κ2) is 6.45. The molecule has 0 aliphatic carbocycles. The van der Waals surface area contributed by atoms with Gasteiger partial charge in [-0.05, 0) is 30.7 Å². The molecule has 0 saturated carbocycles. The molecule has 18 heavy (non-hydrogen) atoms. The van der Waals surface area contributed by atoms with Crippen molar-refractivity contribution < 1.29 is 9.53 Å². The minimum absolute atomic E-state index is 0.00718. The van der Waals surface area contributed by atoms with Gasteiger partial charge in [0.15, 0.2) is 0 Å². The van der Waals surface area contributed by atoms with E-state index >= 15 is 0 Å². The number of ether oxygens (including phenoxy) is 1. The summed E-state index contributed by atoms with van der Waals surface area (Å²) >= 11 is 0. The third kappa shape index (κ3) is 3.63. The molecule has 1 rings (SSSR count). The van der Waals surface area contributed by atoms with Crippen molar-refractivity contribution in [2.24, 2.45) is 0 Å². The number of carbonyl (C=O) groups is 1. The average molecular weight is 244 g/mol. The van der Waals surface area contributed by atoms with E-state index in [1.165, 1.54) is 6.08 Å². The summed E-state index contributed by atoms with van der Waals surface area (Å²) in [7, 11) is 3.86. The van der Waals surface area contributed by atoms with Crippen molar-refractivity contribution in [3.63, 3.8) is 0 Å². The lowest BCUT2D eigenvalue weighted by atomic mass is 10.1. The van der Waals surface area contributed by atoms with Crippen molar-refractivity contribution >= 4 is 17.7 Å². The number of esters is 1. The highest BCUT2D eigenvalue weighted by Gasteiger charge is 2.09. The Hall–Kier alpha value is -2.28. The lowest BCUT2D eigenvalue weighted by molar-refractivity contribution is -0.137. The van der Waals surface area contributed by atoms with Gasteiger partial charge in [0.25, 0.3) is 0 Å². The molecular weight excluding hydrogens is 228 g/mol. The van der Waals surface area contributed by atoms with Gasteiger partial charge in [0.1, 0.15) is 11.6 Å². The van der Waals surface area contributed by atoms with Gasteiger partial charge >= 0.3 is 5.97 Å². The summed E-state index contributed by atoms with van der Waals surface area (Å²) in [6.45, 7) is 1.97. The largest absolute Gasteiger partial charge is 0.462 e. The van der Waals surface area contributed by atoms with E-state index in [2.05, 4.69) is 0 Å². The molecular formula is C14H16N2O2. The van der Waals surface area contributed by atoms with Gasteiger partial charge in [-0.2, -0.15) is 5.26 Å². The van der Waals surface area contributed by atoms with E-state index < -0.39 is 5.97 Å². The summed E-state index contributed by atoms with van der Waals surface area (Å²) in [6.07, 6.45) is 1.53. The zero-order chi connectivity index (χ0) is 13.5. The topological polar surface area (TPSA) is 53.3 Å². The van der Waals surface area contributed by atoms with Crippen molar-refractivity contribution in [3.05, 3.63) is 35.4 Å². The van der Waals surface area contributed by atoms with Gasteiger partial charge in [0.2, 0.25) is 0 Å². The molecule has 0 unspecified atom stereocenters. The number of nitrogens with zero attached hydrogens (tertiary/aromatic N) is 2. The Labute approximate surface area is 107 Å². The van der Waals surface area contributed by atoms with Crippen LogP contribution in [0.25, 0.3) is 6.08 Å². The van der Waals surface area contributed by atoms with E-state index in [1.54, 1.807) is 6.92 Å². The first kappa shape index (κ1) is 13.8. The summed E-state index contributed by atoms with van der Waals surface area (Å²) in [5.74, 6) is -0.588. The summed E-state index contributed by atoms with van der Waals surface area (Å²) in [5, 5.41) is 8.93. The molecule has 0 aliphatic heterocycles. The quantitative estimate of drug-likeness (QED) is 0.463. The molecule has 0 fully saturated rings. The number of carbonyl (C=O) groups excluding carboxylic acids is 1. The van der Waals surface area contributed by atoms with E-state index in [1.807, 2.05) is 49.3 Å². The molecule has 0 amide bonds. The minimum atomic E-state index is -0.588. The first-order valence-electron chi connectivity index (χ1n) is 5.64. The van der Waals surface area contributed by atoms with Crippen molar-refractivity contribution in [3.8, 4) is 6.07 Å². The number of rotatable bonds is 4. The van der Waals surface area contributed by atoms with Crippen LogP contribution >= 0.6 is 0 Å². The SMILES string of the molecule is CCOC(=O)C(C#N)=Cc1cccc(N(C)C)c1. The number of anilines is 1. The molecule has 4 nitrogen and oxygen atoms in total. The molecule has 0 radical (unpaired) electrons. The molecule has 0 spiro atoms. The Morgan fingerprint density at radius 2 is 2.22 bits per heavy atom. The minimum Gasteiger partial charge on any atom is -0.462 e. The molecule has 94 valence electrons. The normalized spacial score (nSPS) is 10.7. The Morgan fingerprint density at radius 3 is 2.78 bits per heavy atom. The number of benzene rings is 1. The molecule has 0 aliphatic rings. The second-order valence-corrected chi connectivity index (χ2v) is 3.88.